The Bertz CT molecular complexity index is 247. The fourth-order valence-corrected chi connectivity index (χ4v) is 2.15. The van der Waals surface area contributed by atoms with E-state index in [2.05, 4.69) is 24.4 Å². The van der Waals surface area contributed by atoms with E-state index in [9.17, 15) is 0 Å². The molecule has 0 saturated heterocycles. The first kappa shape index (κ1) is 11.7. The Kier molecular flexibility index (Phi) is 5.83. The number of aryl methyl sites for hydroxylation is 1. The Morgan fingerprint density at radius 2 is 2.21 bits per heavy atom. The lowest BCUT2D eigenvalue weighted by Gasteiger charge is -2.02. The number of hydrogen-bond acceptors (Lipinski definition) is 3. The largest absolute Gasteiger partial charge is 0.385 e. The van der Waals surface area contributed by atoms with Gasteiger partial charge in [0.15, 0.2) is 0 Å². The molecule has 80 valence electrons. The second kappa shape index (κ2) is 6.98. The standard InChI is InChI=1S/C11H19NOS/c1-10-5-6-11(14-10)9-12-7-3-4-8-13-2/h5-6,12H,3-4,7-9H2,1-2H3. The molecule has 14 heavy (non-hydrogen) atoms. The van der Waals surface area contributed by atoms with Crippen LogP contribution in [0.5, 0.6) is 0 Å². The van der Waals surface area contributed by atoms with E-state index in [4.69, 9.17) is 4.74 Å². The molecule has 1 heterocycles. The van der Waals surface area contributed by atoms with Gasteiger partial charge in [0.25, 0.3) is 0 Å². The Labute approximate surface area is 90.3 Å². The Morgan fingerprint density at radius 1 is 1.36 bits per heavy atom. The highest BCUT2D eigenvalue weighted by Gasteiger charge is 1.95. The van der Waals surface area contributed by atoms with E-state index in [-0.39, 0.29) is 0 Å². The summed E-state index contributed by atoms with van der Waals surface area (Å²) in [6, 6.07) is 4.37. The van der Waals surface area contributed by atoms with Gasteiger partial charge < -0.3 is 10.1 Å². The molecule has 1 N–H and O–H groups in total. The second-order valence-corrected chi connectivity index (χ2v) is 4.76. The maximum Gasteiger partial charge on any atom is 0.0462 e. The van der Waals surface area contributed by atoms with E-state index in [0.29, 0.717) is 0 Å². The van der Waals surface area contributed by atoms with E-state index < -0.39 is 0 Å². The Hall–Kier alpha value is -0.380. The Morgan fingerprint density at radius 3 is 2.86 bits per heavy atom. The minimum absolute atomic E-state index is 0.875. The third-order valence-electron chi connectivity index (χ3n) is 2.05. The van der Waals surface area contributed by atoms with Gasteiger partial charge in [0.1, 0.15) is 0 Å². The van der Waals surface area contributed by atoms with Gasteiger partial charge in [-0.15, -0.1) is 11.3 Å². The number of unbranched alkanes of at least 4 members (excludes halogenated alkanes) is 1. The van der Waals surface area contributed by atoms with Crippen molar-refractivity contribution < 1.29 is 4.74 Å². The lowest BCUT2D eigenvalue weighted by molar-refractivity contribution is 0.192. The van der Waals surface area contributed by atoms with Gasteiger partial charge in [-0.2, -0.15) is 0 Å². The summed E-state index contributed by atoms with van der Waals surface area (Å²) in [5.74, 6) is 0. The highest BCUT2D eigenvalue weighted by Crippen LogP contribution is 2.14. The van der Waals surface area contributed by atoms with Crippen LogP contribution in [-0.2, 0) is 11.3 Å². The van der Waals surface area contributed by atoms with E-state index in [1.165, 1.54) is 16.2 Å². The first-order valence-corrected chi connectivity index (χ1v) is 5.89. The molecule has 0 unspecified atom stereocenters. The number of rotatable bonds is 7. The number of ether oxygens (including phenoxy) is 1. The highest BCUT2D eigenvalue weighted by molar-refractivity contribution is 7.11. The van der Waals surface area contributed by atoms with Crippen LogP contribution in [0.3, 0.4) is 0 Å². The van der Waals surface area contributed by atoms with Crippen molar-refractivity contribution in [3.05, 3.63) is 21.9 Å². The number of hydrogen-bond donors (Lipinski definition) is 1. The van der Waals surface area contributed by atoms with Crippen molar-refractivity contribution in [1.29, 1.82) is 0 Å². The monoisotopic (exact) mass is 213 g/mol. The fourth-order valence-electron chi connectivity index (χ4n) is 1.29. The average molecular weight is 213 g/mol. The van der Waals surface area contributed by atoms with Gasteiger partial charge in [0.05, 0.1) is 0 Å². The summed E-state index contributed by atoms with van der Waals surface area (Å²) in [4.78, 5) is 2.82. The lowest BCUT2D eigenvalue weighted by atomic mass is 10.3. The third-order valence-corrected chi connectivity index (χ3v) is 3.05. The van der Waals surface area contributed by atoms with E-state index in [1.54, 1.807) is 7.11 Å². The molecule has 0 aliphatic rings. The van der Waals surface area contributed by atoms with Crippen molar-refractivity contribution in [1.82, 2.24) is 5.32 Å². The summed E-state index contributed by atoms with van der Waals surface area (Å²) < 4.78 is 4.98. The smallest absolute Gasteiger partial charge is 0.0462 e. The van der Waals surface area contributed by atoms with Crippen LogP contribution in [-0.4, -0.2) is 20.3 Å². The van der Waals surface area contributed by atoms with E-state index in [1.807, 2.05) is 11.3 Å². The lowest BCUT2D eigenvalue weighted by Crippen LogP contribution is -2.14. The van der Waals surface area contributed by atoms with Crippen LogP contribution in [0.1, 0.15) is 22.6 Å². The van der Waals surface area contributed by atoms with E-state index in [0.717, 1.165) is 26.1 Å². The van der Waals surface area contributed by atoms with Crippen molar-refractivity contribution in [2.45, 2.75) is 26.3 Å². The van der Waals surface area contributed by atoms with Crippen LogP contribution < -0.4 is 5.32 Å². The SMILES string of the molecule is COCCCCNCc1ccc(C)s1. The number of nitrogens with one attached hydrogen (secondary N) is 1. The molecule has 3 heteroatoms. The minimum atomic E-state index is 0.875. The van der Waals surface area contributed by atoms with Crippen LogP contribution in [0.25, 0.3) is 0 Å². The quantitative estimate of drug-likeness (QED) is 0.703. The van der Waals surface area contributed by atoms with Crippen molar-refractivity contribution >= 4 is 11.3 Å². The third kappa shape index (κ3) is 4.74. The summed E-state index contributed by atoms with van der Waals surface area (Å²) >= 11 is 1.87. The molecule has 0 fully saturated rings. The summed E-state index contributed by atoms with van der Waals surface area (Å²) in [6.07, 6.45) is 2.34. The predicted octanol–water partition coefficient (Wildman–Crippen LogP) is 2.57. The number of thiophene rings is 1. The normalized spacial score (nSPS) is 10.7. The zero-order valence-electron chi connectivity index (χ0n) is 9.01. The van der Waals surface area contributed by atoms with Crippen molar-refractivity contribution in [3.8, 4) is 0 Å². The van der Waals surface area contributed by atoms with Gasteiger partial charge in [0.2, 0.25) is 0 Å². The first-order chi connectivity index (χ1) is 6.83. The van der Waals surface area contributed by atoms with Gasteiger partial charge in [-0.05, 0) is 38.4 Å². The molecule has 0 aromatic carbocycles. The van der Waals surface area contributed by atoms with Crippen molar-refractivity contribution in [3.63, 3.8) is 0 Å². The number of methoxy groups -OCH3 is 1. The predicted molar refractivity (Wildman–Crippen MR) is 61.9 cm³/mol. The van der Waals surface area contributed by atoms with Gasteiger partial charge in [-0.25, -0.2) is 0 Å². The molecule has 2 nitrogen and oxygen atoms in total. The molecule has 0 aliphatic carbocycles. The molecular weight excluding hydrogens is 194 g/mol. The average Bonchev–Trinajstić information content (AvgIpc) is 2.58. The fraction of sp³-hybridized carbons (Fsp3) is 0.636. The zero-order valence-corrected chi connectivity index (χ0v) is 9.82. The minimum Gasteiger partial charge on any atom is -0.385 e. The molecule has 1 aromatic rings. The summed E-state index contributed by atoms with van der Waals surface area (Å²) in [5, 5.41) is 3.43. The van der Waals surface area contributed by atoms with Gasteiger partial charge >= 0.3 is 0 Å². The van der Waals surface area contributed by atoms with Gasteiger partial charge in [-0.3, -0.25) is 0 Å². The maximum absolute atomic E-state index is 4.98. The van der Waals surface area contributed by atoms with Crippen LogP contribution >= 0.6 is 11.3 Å². The van der Waals surface area contributed by atoms with Crippen LogP contribution in [0.4, 0.5) is 0 Å². The molecule has 0 atom stereocenters. The summed E-state index contributed by atoms with van der Waals surface area (Å²) in [5.41, 5.74) is 0. The topological polar surface area (TPSA) is 21.3 Å². The molecule has 0 bridgehead atoms. The van der Waals surface area contributed by atoms with Gasteiger partial charge in [-0.1, -0.05) is 0 Å². The van der Waals surface area contributed by atoms with Crippen LogP contribution in [0.2, 0.25) is 0 Å². The van der Waals surface area contributed by atoms with Crippen LogP contribution in [0.15, 0.2) is 12.1 Å². The summed E-state index contributed by atoms with van der Waals surface area (Å²) in [6.45, 7) is 5.11. The molecule has 1 rings (SSSR count). The molecular formula is C11H19NOS. The molecule has 0 radical (unpaired) electrons. The molecule has 1 aromatic heterocycles. The van der Waals surface area contributed by atoms with Crippen molar-refractivity contribution in [2.24, 2.45) is 0 Å². The van der Waals surface area contributed by atoms with E-state index >= 15 is 0 Å². The first-order valence-electron chi connectivity index (χ1n) is 5.08. The molecule has 0 amide bonds. The zero-order chi connectivity index (χ0) is 10.2. The molecule has 0 saturated carbocycles. The molecule has 0 aliphatic heterocycles. The van der Waals surface area contributed by atoms with Crippen LogP contribution in [0, 0.1) is 6.92 Å². The summed E-state index contributed by atoms with van der Waals surface area (Å²) in [7, 11) is 1.75. The Balaban J connectivity index is 1.99. The van der Waals surface area contributed by atoms with Gasteiger partial charge in [0, 0.05) is 30.0 Å². The maximum atomic E-state index is 4.98. The van der Waals surface area contributed by atoms with Crippen molar-refractivity contribution in [2.75, 3.05) is 20.3 Å². The molecule has 0 spiro atoms. The second-order valence-electron chi connectivity index (χ2n) is 3.39. The highest BCUT2D eigenvalue weighted by atomic mass is 32.1.